The van der Waals surface area contributed by atoms with Crippen molar-refractivity contribution in [1.29, 1.82) is 0 Å². The first-order valence-electron chi connectivity index (χ1n) is 4.46. The minimum Gasteiger partial charge on any atom is -0.480 e. The number of unbranched alkanes of at least 4 members (excludes halogenated alkanes) is 1. The van der Waals surface area contributed by atoms with Crippen molar-refractivity contribution >= 4 is 41.5 Å². The van der Waals surface area contributed by atoms with Gasteiger partial charge in [-0.3, -0.25) is 14.9 Å². The minimum absolute atomic E-state index is 0. The van der Waals surface area contributed by atoms with Gasteiger partial charge < -0.3 is 15.9 Å². The fourth-order valence-corrected chi connectivity index (χ4v) is 1.02. The summed E-state index contributed by atoms with van der Waals surface area (Å²) in [5.41, 5.74) is 5.25. The van der Waals surface area contributed by atoms with Gasteiger partial charge in [-0.15, -0.1) is 0 Å². The van der Waals surface area contributed by atoms with Crippen LogP contribution in [0.25, 0.3) is 0 Å². The molecule has 0 aliphatic heterocycles. The van der Waals surface area contributed by atoms with Crippen molar-refractivity contribution in [2.75, 3.05) is 13.1 Å². The minimum atomic E-state index is -1.06. The molecule has 0 fully saturated rings. The predicted molar refractivity (Wildman–Crippen MR) is 55.7 cm³/mol. The molecule has 15 heavy (non-hydrogen) atoms. The third kappa shape index (κ3) is 10.1. The molecule has 1 atom stereocenters. The van der Waals surface area contributed by atoms with E-state index in [9.17, 15) is 9.59 Å². The van der Waals surface area contributed by atoms with Crippen molar-refractivity contribution in [1.82, 2.24) is 5.32 Å². The van der Waals surface area contributed by atoms with Gasteiger partial charge in [0.1, 0.15) is 6.04 Å². The van der Waals surface area contributed by atoms with Gasteiger partial charge in [-0.2, -0.15) is 0 Å². The van der Waals surface area contributed by atoms with Gasteiger partial charge in [0.2, 0.25) is 0 Å². The van der Waals surface area contributed by atoms with Gasteiger partial charge in [0, 0.05) is 29.6 Å². The molecule has 0 aliphatic rings. The third-order valence-electron chi connectivity index (χ3n) is 1.74. The van der Waals surface area contributed by atoms with Gasteiger partial charge in [-0.05, 0) is 19.4 Å². The molecule has 0 rings (SSSR count). The Kier molecular flexibility index (Phi) is 11.9. The normalized spacial score (nSPS) is 11.5. The summed E-state index contributed by atoms with van der Waals surface area (Å²) in [6, 6.07) is -0.794. The summed E-state index contributed by atoms with van der Waals surface area (Å²) in [6.45, 7) is 0.185. The molecule has 83 valence electrons. The predicted octanol–water partition coefficient (Wildman–Crippen LogP) is -1.14. The zero-order valence-corrected chi connectivity index (χ0v) is 10.9. The van der Waals surface area contributed by atoms with E-state index in [1.54, 1.807) is 0 Å². The van der Waals surface area contributed by atoms with Gasteiger partial charge in [0.05, 0.1) is 6.54 Å². The van der Waals surface area contributed by atoms with Crippen molar-refractivity contribution in [3.8, 4) is 0 Å². The number of carbonyl (C=O) groups is 2. The largest absolute Gasteiger partial charge is 0.480 e. The molecule has 0 aromatic heterocycles. The maximum atomic E-state index is 10.6. The van der Waals surface area contributed by atoms with Gasteiger partial charge in [-0.25, -0.2) is 0 Å². The Labute approximate surface area is 111 Å². The molecule has 0 spiro atoms. The topological polar surface area (TPSA) is 113 Å². The number of hydrogen-bond donors (Lipinski definition) is 4. The quantitative estimate of drug-likeness (QED) is 0.308. The SMILES string of the molecule is NCCCC[C@H](NCC(=O)O)C(=O)O.[Na]. The molecular weight excluding hydrogens is 211 g/mol. The monoisotopic (exact) mass is 227 g/mol. The Bertz CT molecular complexity index is 201. The fraction of sp³-hybridized carbons (Fsp3) is 0.750. The van der Waals surface area contributed by atoms with Gasteiger partial charge in [-0.1, -0.05) is 6.42 Å². The van der Waals surface area contributed by atoms with Gasteiger partial charge in [0.15, 0.2) is 0 Å². The number of nitrogens with one attached hydrogen (secondary N) is 1. The Hall–Kier alpha value is -0.140. The van der Waals surface area contributed by atoms with Crippen LogP contribution in [0, 0.1) is 0 Å². The Morgan fingerprint density at radius 3 is 2.27 bits per heavy atom. The Morgan fingerprint density at radius 2 is 1.87 bits per heavy atom. The summed E-state index contributed by atoms with van der Waals surface area (Å²) >= 11 is 0. The number of nitrogens with two attached hydrogens (primary N) is 1. The second-order valence-electron chi connectivity index (χ2n) is 2.95. The molecule has 5 N–H and O–H groups in total. The summed E-state index contributed by atoms with van der Waals surface area (Å²) < 4.78 is 0. The zero-order valence-electron chi connectivity index (χ0n) is 8.90. The van der Waals surface area contributed by atoms with Crippen LogP contribution in [0.4, 0.5) is 0 Å². The van der Waals surface area contributed by atoms with Crippen LogP contribution in [0.15, 0.2) is 0 Å². The Morgan fingerprint density at radius 1 is 1.27 bits per heavy atom. The maximum absolute atomic E-state index is 10.6. The number of carboxylic acid groups (broad SMARTS) is 2. The van der Waals surface area contributed by atoms with Crippen molar-refractivity contribution in [3.05, 3.63) is 0 Å². The van der Waals surface area contributed by atoms with Crippen LogP contribution < -0.4 is 11.1 Å². The molecular formula is C8H16N2NaO4. The second kappa shape index (κ2) is 10.4. The van der Waals surface area contributed by atoms with Crippen LogP contribution >= 0.6 is 0 Å². The average Bonchev–Trinajstić information content (AvgIpc) is 2.10. The van der Waals surface area contributed by atoms with E-state index < -0.39 is 18.0 Å². The van der Waals surface area contributed by atoms with E-state index >= 15 is 0 Å². The van der Waals surface area contributed by atoms with Crippen LogP contribution in [-0.2, 0) is 9.59 Å². The molecule has 0 heterocycles. The third-order valence-corrected chi connectivity index (χ3v) is 1.74. The van der Waals surface area contributed by atoms with E-state index in [4.69, 9.17) is 15.9 Å². The summed E-state index contributed by atoms with van der Waals surface area (Å²) in [5.74, 6) is -2.08. The van der Waals surface area contributed by atoms with Crippen molar-refractivity contribution in [2.45, 2.75) is 25.3 Å². The summed E-state index contributed by atoms with van der Waals surface area (Å²) in [4.78, 5) is 20.8. The molecule has 0 saturated carbocycles. The molecule has 0 aliphatic carbocycles. The number of hydrogen-bond acceptors (Lipinski definition) is 4. The first kappa shape index (κ1) is 17.3. The molecule has 0 aromatic rings. The molecule has 0 amide bonds. The van der Waals surface area contributed by atoms with Crippen molar-refractivity contribution < 1.29 is 19.8 Å². The molecule has 1 radical (unpaired) electrons. The van der Waals surface area contributed by atoms with Crippen molar-refractivity contribution in [2.24, 2.45) is 5.73 Å². The van der Waals surface area contributed by atoms with E-state index in [2.05, 4.69) is 5.32 Å². The van der Waals surface area contributed by atoms with E-state index in [1.807, 2.05) is 0 Å². The van der Waals surface area contributed by atoms with Crippen LogP contribution in [0.3, 0.4) is 0 Å². The van der Waals surface area contributed by atoms with Crippen LogP contribution in [-0.4, -0.2) is 70.8 Å². The molecule has 0 aromatic carbocycles. The number of carboxylic acids is 2. The first-order chi connectivity index (χ1) is 6.57. The summed E-state index contributed by atoms with van der Waals surface area (Å²) in [6.07, 6.45) is 1.83. The van der Waals surface area contributed by atoms with Crippen LogP contribution in [0.5, 0.6) is 0 Å². The summed E-state index contributed by atoms with van der Waals surface area (Å²) in [7, 11) is 0. The number of aliphatic carboxylic acids is 2. The van der Waals surface area contributed by atoms with Gasteiger partial charge in [0.25, 0.3) is 0 Å². The maximum Gasteiger partial charge on any atom is 0.320 e. The van der Waals surface area contributed by atoms with Crippen LogP contribution in [0.1, 0.15) is 19.3 Å². The first-order valence-corrected chi connectivity index (χ1v) is 4.46. The zero-order chi connectivity index (χ0) is 11.0. The van der Waals surface area contributed by atoms with E-state index in [1.165, 1.54) is 0 Å². The van der Waals surface area contributed by atoms with Gasteiger partial charge >= 0.3 is 11.9 Å². The van der Waals surface area contributed by atoms with E-state index in [0.29, 0.717) is 19.4 Å². The fourth-order valence-electron chi connectivity index (χ4n) is 1.02. The molecule has 7 heteroatoms. The second-order valence-corrected chi connectivity index (χ2v) is 2.95. The standard InChI is InChI=1S/C8H16N2O4.Na/c9-4-2-1-3-6(8(13)14)10-5-7(11)12;/h6,10H,1-5,9H2,(H,11,12)(H,13,14);/t6-;/m0./s1. The van der Waals surface area contributed by atoms with E-state index in [0.717, 1.165) is 6.42 Å². The molecule has 0 bridgehead atoms. The Balaban J connectivity index is 0. The summed E-state index contributed by atoms with van der Waals surface area (Å²) in [5, 5.41) is 19.5. The van der Waals surface area contributed by atoms with Crippen molar-refractivity contribution in [3.63, 3.8) is 0 Å². The smallest absolute Gasteiger partial charge is 0.320 e. The number of rotatable bonds is 8. The molecule has 0 unspecified atom stereocenters. The average molecular weight is 227 g/mol. The van der Waals surface area contributed by atoms with E-state index in [-0.39, 0.29) is 36.1 Å². The molecule has 6 nitrogen and oxygen atoms in total. The molecule has 0 saturated heterocycles. The van der Waals surface area contributed by atoms with Crippen LogP contribution in [0.2, 0.25) is 0 Å².